The van der Waals surface area contributed by atoms with Crippen LogP contribution in [-0.2, 0) is 16.7 Å². The van der Waals surface area contributed by atoms with Crippen molar-refractivity contribution in [3.63, 3.8) is 0 Å². The third kappa shape index (κ3) is 7.01. The van der Waals surface area contributed by atoms with Crippen molar-refractivity contribution >= 4 is 15.8 Å². The third-order valence-electron chi connectivity index (χ3n) is 3.50. The molecule has 0 radical (unpaired) electrons. The Morgan fingerprint density at radius 1 is 1.00 bits per heavy atom. The van der Waals surface area contributed by atoms with E-state index >= 15 is 0 Å². The van der Waals surface area contributed by atoms with Crippen LogP contribution in [0.5, 0.6) is 0 Å². The molecular weight excluding hydrogens is 369 g/mol. The van der Waals surface area contributed by atoms with Crippen molar-refractivity contribution in [3.05, 3.63) is 60.4 Å². The zero-order valence-corrected chi connectivity index (χ0v) is 15.3. The fourth-order valence-corrected chi connectivity index (χ4v) is 2.15. The van der Waals surface area contributed by atoms with Gasteiger partial charge in [-0.15, -0.1) is 0 Å². The molecule has 5 nitrogen and oxygen atoms in total. The van der Waals surface area contributed by atoms with Crippen molar-refractivity contribution in [2.75, 3.05) is 18.0 Å². The van der Waals surface area contributed by atoms with E-state index in [1.165, 1.54) is 11.3 Å². The second-order valence-corrected chi connectivity index (χ2v) is 6.72. The van der Waals surface area contributed by atoms with Crippen LogP contribution >= 0.6 is 0 Å². The minimum Gasteiger partial charge on any atom is -0.372 e. The minimum atomic E-state index is -5.84. The molecule has 9 heteroatoms. The first-order valence-electron chi connectivity index (χ1n) is 7.90. The number of alkyl halides is 3. The molecule has 0 saturated heterocycles. The Hall–Kier alpha value is -2.13. The van der Waals surface area contributed by atoms with Gasteiger partial charge in [0.2, 0.25) is 0 Å². The summed E-state index contributed by atoms with van der Waals surface area (Å²) in [4.78, 5) is 2.35. The van der Waals surface area contributed by atoms with Crippen molar-refractivity contribution in [1.29, 1.82) is 0 Å². The van der Waals surface area contributed by atoms with Gasteiger partial charge in [0, 0.05) is 36.5 Å². The lowest BCUT2D eigenvalue weighted by atomic mass is 10.2. The molecule has 0 atom stereocenters. The molecule has 0 aliphatic carbocycles. The van der Waals surface area contributed by atoms with E-state index in [1.54, 1.807) is 0 Å². The van der Waals surface area contributed by atoms with Gasteiger partial charge in [0.15, 0.2) is 18.9 Å². The summed E-state index contributed by atoms with van der Waals surface area (Å²) in [6.07, 6.45) is 4.31. The first-order valence-corrected chi connectivity index (χ1v) is 9.34. The molecule has 0 unspecified atom stereocenters. The number of aromatic nitrogens is 1. The smallest absolute Gasteiger partial charge is 0.372 e. The van der Waals surface area contributed by atoms with Crippen LogP contribution in [0, 0.1) is 0 Å². The van der Waals surface area contributed by atoms with Crippen LogP contribution in [0.1, 0.15) is 19.4 Å². The molecule has 0 fully saturated rings. The Morgan fingerprint density at radius 3 is 1.85 bits per heavy atom. The lowest BCUT2D eigenvalue weighted by Gasteiger charge is -2.19. The van der Waals surface area contributed by atoms with Crippen LogP contribution in [0.3, 0.4) is 0 Å². The van der Waals surface area contributed by atoms with Crippen molar-refractivity contribution in [3.8, 4) is 0 Å². The quantitative estimate of drug-likeness (QED) is 0.483. The van der Waals surface area contributed by atoms with Gasteiger partial charge in [-0.05, 0) is 13.8 Å². The van der Waals surface area contributed by atoms with Crippen LogP contribution in [0.15, 0.2) is 54.9 Å². The Morgan fingerprint density at radius 2 is 1.46 bits per heavy atom. The highest BCUT2D eigenvalue weighted by atomic mass is 32.2. The fraction of sp³-hybridized carbons (Fsp3) is 0.353. The highest BCUT2D eigenvalue weighted by Gasteiger charge is 2.44. The molecule has 1 aromatic heterocycles. The highest BCUT2D eigenvalue weighted by Crippen LogP contribution is 2.20. The second kappa shape index (κ2) is 9.54. The summed E-state index contributed by atoms with van der Waals surface area (Å²) in [5.74, 6) is 0. The van der Waals surface area contributed by atoms with Gasteiger partial charge >= 0.3 is 15.6 Å². The molecule has 144 valence electrons. The normalized spacial score (nSPS) is 11.5. The second-order valence-electron chi connectivity index (χ2n) is 5.31. The van der Waals surface area contributed by atoms with Crippen molar-refractivity contribution in [1.82, 2.24) is 0 Å². The van der Waals surface area contributed by atoms with E-state index in [0.717, 1.165) is 19.6 Å². The van der Waals surface area contributed by atoms with Gasteiger partial charge in [0.25, 0.3) is 0 Å². The van der Waals surface area contributed by atoms with E-state index in [0.29, 0.717) is 0 Å². The highest BCUT2D eigenvalue weighted by molar-refractivity contribution is 7.86. The first-order chi connectivity index (χ1) is 12.1. The van der Waals surface area contributed by atoms with Crippen LogP contribution in [0.2, 0.25) is 0 Å². The van der Waals surface area contributed by atoms with Gasteiger partial charge < -0.3 is 4.90 Å². The zero-order valence-electron chi connectivity index (χ0n) is 14.5. The zero-order chi connectivity index (χ0) is 19.8. The minimum absolute atomic E-state index is 0.930. The average molecular weight is 391 g/mol. The van der Waals surface area contributed by atoms with Gasteiger partial charge in [-0.3, -0.25) is 4.55 Å². The largest absolute Gasteiger partial charge is 0.522 e. The number of pyridine rings is 1. The van der Waals surface area contributed by atoms with E-state index in [2.05, 4.69) is 78.2 Å². The molecule has 1 aromatic carbocycles. The summed E-state index contributed by atoms with van der Waals surface area (Å²) in [5, 5.41) is 0. The third-order valence-corrected chi connectivity index (χ3v) is 4.09. The van der Waals surface area contributed by atoms with Gasteiger partial charge in [0.1, 0.15) is 0 Å². The summed E-state index contributed by atoms with van der Waals surface area (Å²) in [6.45, 7) is 7.42. The number of anilines is 1. The molecule has 2 rings (SSSR count). The average Bonchev–Trinajstić information content (AvgIpc) is 2.57. The number of hydrogen-bond donors (Lipinski definition) is 1. The molecule has 0 saturated carbocycles. The van der Waals surface area contributed by atoms with E-state index < -0.39 is 15.6 Å². The molecule has 1 N–H and O–H groups in total. The first kappa shape index (κ1) is 21.9. The molecule has 0 aliphatic heterocycles. The van der Waals surface area contributed by atoms with Crippen molar-refractivity contribution in [2.24, 2.45) is 0 Å². The van der Waals surface area contributed by atoms with Gasteiger partial charge in [-0.25, -0.2) is 4.57 Å². The maximum Gasteiger partial charge on any atom is 0.522 e. The maximum absolute atomic E-state index is 10.7. The number of hydrogen-bond acceptors (Lipinski definition) is 3. The van der Waals surface area contributed by atoms with Crippen LogP contribution in [0.4, 0.5) is 18.9 Å². The number of nitrogens with zero attached hydrogens (tertiary/aromatic N) is 2. The summed E-state index contributed by atoms with van der Waals surface area (Å²) in [6, 6.07) is 14.9. The van der Waals surface area contributed by atoms with E-state index in [9.17, 15) is 13.2 Å². The summed E-state index contributed by atoms with van der Waals surface area (Å²) in [5.41, 5.74) is -2.91. The Bertz CT molecular complexity index is 760. The summed E-state index contributed by atoms with van der Waals surface area (Å²) in [7, 11) is -5.84. The summed E-state index contributed by atoms with van der Waals surface area (Å²) < 4.78 is 59.8. The van der Waals surface area contributed by atoms with Crippen molar-refractivity contribution < 1.29 is 30.7 Å². The van der Waals surface area contributed by atoms with Gasteiger partial charge in [0.05, 0.1) is 0 Å². The number of halogens is 3. The van der Waals surface area contributed by atoms with Crippen molar-refractivity contribution in [2.45, 2.75) is 25.9 Å². The van der Waals surface area contributed by atoms with E-state index in [-0.39, 0.29) is 0 Å². The van der Waals surface area contributed by atoms with E-state index in [4.69, 9.17) is 13.0 Å². The Labute approximate surface area is 151 Å². The Balaban J connectivity index is 0.000000359. The molecule has 0 amide bonds. The molecule has 0 bridgehead atoms. The lowest BCUT2D eigenvalue weighted by Crippen LogP contribution is -2.34. The Kier molecular flexibility index (Phi) is 8.04. The number of benzene rings is 1. The molecule has 0 spiro atoms. The lowest BCUT2D eigenvalue weighted by molar-refractivity contribution is -0.688. The standard InChI is InChI=1S/C16H21N2.CHF3O3S/c1-3-18(4-2)16-10-12-17(13-11-16)14-15-8-6-5-7-9-15;2-1(3,4)8(5,6)7/h5-13H,3-4,14H2,1-2H3;(H,5,6,7)/q+1;. The predicted molar refractivity (Wildman–Crippen MR) is 93.3 cm³/mol. The topological polar surface area (TPSA) is 61.5 Å². The van der Waals surface area contributed by atoms with Crippen LogP contribution in [0.25, 0.3) is 0 Å². The van der Waals surface area contributed by atoms with Crippen LogP contribution < -0.4 is 9.47 Å². The SMILES string of the molecule is CCN(CC)c1cc[n+](Cc2ccccc2)cc1.O=S(=O)(O)C(F)(F)F. The monoisotopic (exact) mass is 391 g/mol. The van der Waals surface area contributed by atoms with Gasteiger partial charge in [-0.2, -0.15) is 21.6 Å². The van der Waals surface area contributed by atoms with Gasteiger partial charge in [-0.1, -0.05) is 30.3 Å². The molecule has 1 heterocycles. The summed E-state index contributed by atoms with van der Waals surface area (Å²) >= 11 is 0. The van der Waals surface area contributed by atoms with E-state index in [1.807, 2.05) is 0 Å². The molecule has 26 heavy (non-hydrogen) atoms. The predicted octanol–water partition coefficient (Wildman–Crippen LogP) is 3.26. The van der Waals surface area contributed by atoms with Crippen LogP contribution in [-0.4, -0.2) is 31.6 Å². The fourth-order valence-electron chi connectivity index (χ4n) is 2.15. The maximum atomic E-state index is 10.7. The number of rotatable bonds is 5. The molecular formula is C17H22F3N2O3S+. The molecule has 2 aromatic rings. The molecule has 0 aliphatic rings.